The number of carbonyl (C=O) groups is 1. The van der Waals surface area contributed by atoms with E-state index >= 15 is 0 Å². The number of hydrogen-bond acceptors (Lipinski definition) is 11. The maximum Gasteiger partial charge on any atom is 0.174 e. The lowest BCUT2D eigenvalue weighted by molar-refractivity contribution is -0.232. The summed E-state index contributed by atoms with van der Waals surface area (Å²) in [6.45, 7) is -0.698. The maximum absolute atomic E-state index is 12.9. The molecule has 0 bridgehead atoms. The fourth-order valence-electron chi connectivity index (χ4n) is 4.20. The average molecular weight is 464 g/mol. The van der Waals surface area contributed by atoms with E-state index in [9.17, 15) is 40.5 Å². The number of hydrogen-bond donors (Lipinski definition) is 7. The predicted molar refractivity (Wildman–Crippen MR) is 109 cm³/mol. The number of benzene rings is 2. The molecule has 1 unspecified atom stereocenters. The Morgan fingerprint density at radius 1 is 1.00 bits per heavy atom. The van der Waals surface area contributed by atoms with Gasteiger partial charge in [-0.25, -0.2) is 0 Å². The minimum absolute atomic E-state index is 0.190. The minimum Gasteiger partial charge on any atom is -0.507 e. The summed E-state index contributed by atoms with van der Waals surface area (Å²) in [5, 5.41) is 71.2. The number of aliphatic hydroxyl groups is 4. The van der Waals surface area contributed by atoms with Crippen molar-refractivity contribution >= 4 is 5.78 Å². The lowest BCUT2D eigenvalue weighted by atomic mass is 9.87. The molecule has 2 aliphatic heterocycles. The van der Waals surface area contributed by atoms with Crippen LogP contribution in [-0.2, 0) is 4.74 Å². The molecule has 11 heteroatoms. The van der Waals surface area contributed by atoms with Crippen molar-refractivity contribution in [3.05, 3.63) is 41.0 Å². The molecule has 0 spiro atoms. The summed E-state index contributed by atoms with van der Waals surface area (Å²) in [6.07, 6.45) is -9.05. The summed E-state index contributed by atoms with van der Waals surface area (Å²) < 4.78 is 16.5. The largest absolute Gasteiger partial charge is 0.507 e. The smallest absolute Gasteiger partial charge is 0.174 e. The first-order chi connectivity index (χ1) is 15.7. The molecular weight excluding hydrogens is 440 g/mol. The van der Waals surface area contributed by atoms with E-state index in [0.29, 0.717) is 5.56 Å². The quantitative estimate of drug-likeness (QED) is 0.324. The van der Waals surface area contributed by atoms with Crippen LogP contribution in [0.15, 0.2) is 24.3 Å². The zero-order valence-electron chi connectivity index (χ0n) is 17.5. The van der Waals surface area contributed by atoms with Gasteiger partial charge < -0.3 is 50.0 Å². The van der Waals surface area contributed by atoms with Gasteiger partial charge in [0, 0.05) is 6.07 Å². The second-order valence-corrected chi connectivity index (χ2v) is 7.95. The van der Waals surface area contributed by atoms with E-state index in [1.165, 1.54) is 19.2 Å². The summed E-state index contributed by atoms with van der Waals surface area (Å²) in [7, 11) is 1.38. The molecule has 1 fully saturated rings. The molecule has 0 radical (unpaired) electrons. The number of phenols is 3. The van der Waals surface area contributed by atoms with Crippen molar-refractivity contribution in [1.29, 1.82) is 0 Å². The Bertz CT molecular complexity index is 1070. The van der Waals surface area contributed by atoms with Gasteiger partial charge in [-0.1, -0.05) is 6.07 Å². The van der Waals surface area contributed by atoms with Crippen LogP contribution >= 0.6 is 0 Å². The number of fused-ring (bicyclic) bond motifs is 1. The second kappa shape index (κ2) is 8.69. The fraction of sp³-hybridized carbons (Fsp3) is 0.409. The molecule has 0 aliphatic carbocycles. The van der Waals surface area contributed by atoms with E-state index < -0.39 is 60.5 Å². The number of aliphatic hydroxyl groups excluding tert-OH is 4. The maximum atomic E-state index is 12.9. The molecule has 0 amide bonds. The Balaban J connectivity index is 1.80. The van der Waals surface area contributed by atoms with Crippen LogP contribution in [0.3, 0.4) is 0 Å². The summed E-state index contributed by atoms with van der Waals surface area (Å²) in [6, 6.07) is 5.28. The van der Waals surface area contributed by atoms with Gasteiger partial charge in [0.15, 0.2) is 17.3 Å². The Morgan fingerprint density at radius 2 is 1.73 bits per heavy atom. The van der Waals surface area contributed by atoms with E-state index in [1.807, 2.05) is 0 Å². The van der Waals surface area contributed by atoms with Crippen molar-refractivity contribution in [2.45, 2.75) is 43.0 Å². The van der Waals surface area contributed by atoms with Crippen molar-refractivity contribution in [2.24, 2.45) is 0 Å². The Hall–Kier alpha value is -3.09. The normalized spacial score (nSPS) is 29.3. The van der Waals surface area contributed by atoms with Crippen LogP contribution < -0.4 is 9.47 Å². The van der Waals surface area contributed by atoms with Crippen molar-refractivity contribution in [3.8, 4) is 28.7 Å². The lowest BCUT2D eigenvalue weighted by Gasteiger charge is -2.41. The summed E-state index contributed by atoms with van der Waals surface area (Å²) in [4.78, 5) is 12.9. The molecule has 1 saturated heterocycles. The third-order valence-corrected chi connectivity index (χ3v) is 5.94. The standard InChI is InChI=1S/C22H24O11/c1-31-13-3-2-8(4-9(13)24)14-6-12(27)16-10(25)5-11(26)17(21(16)32-14)22-20(30)19(29)18(28)15(7-23)33-22/h2-5,14-15,18-20,22-26,28-30H,6-7H2,1H3/t14?,15-,18-,19+,20-,22+/m1/s1. The molecule has 0 saturated carbocycles. The molecule has 2 aliphatic rings. The van der Waals surface area contributed by atoms with Gasteiger partial charge in [0.05, 0.1) is 25.7 Å². The summed E-state index contributed by atoms with van der Waals surface area (Å²) >= 11 is 0. The first-order valence-corrected chi connectivity index (χ1v) is 10.1. The molecule has 6 atom stereocenters. The van der Waals surface area contributed by atoms with Gasteiger partial charge >= 0.3 is 0 Å². The number of ether oxygens (including phenoxy) is 3. The van der Waals surface area contributed by atoms with Crippen molar-refractivity contribution in [3.63, 3.8) is 0 Å². The average Bonchev–Trinajstić information content (AvgIpc) is 2.78. The minimum atomic E-state index is -1.76. The molecule has 178 valence electrons. The van der Waals surface area contributed by atoms with Crippen LogP contribution in [0.1, 0.15) is 40.1 Å². The Kier molecular flexibility index (Phi) is 6.08. The number of Topliss-reactive ketones (excluding diaryl/α,β-unsaturated/α-hetero) is 1. The van der Waals surface area contributed by atoms with Gasteiger partial charge in [-0.05, 0) is 17.7 Å². The van der Waals surface area contributed by atoms with Gasteiger partial charge in [-0.3, -0.25) is 4.79 Å². The monoisotopic (exact) mass is 464 g/mol. The molecule has 7 N–H and O–H groups in total. The second-order valence-electron chi connectivity index (χ2n) is 7.95. The van der Waals surface area contributed by atoms with Crippen molar-refractivity contribution in [1.82, 2.24) is 0 Å². The molecule has 33 heavy (non-hydrogen) atoms. The summed E-state index contributed by atoms with van der Waals surface area (Å²) in [5.41, 5.74) is -0.0980. The zero-order valence-corrected chi connectivity index (χ0v) is 17.5. The predicted octanol–water partition coefficient (Wildman–Crippen LogP) is 0.0334. The van der Waals surface area contributed by atoms with Gasteiger partial charge in [-0.15, -0.1) is 0 Å². The van der Waals surface area contributed by atoms with Crippen LogP contribution in [0.5, 0.6) is 28.7 Å². The lowest BCUT2D eigenvalue weighted by Crippen LogP contribution is -2.55. The van der Waals surface area contributed by atoms with Crippen LogP contribution in [0, 0.1) is 0 Å². The van der Waals surface area contributed by atoms with Crippen molar-refractivity contribution in [2.75, 3.05) is 13.7 Å². The van der Waals surface area contributed by atoms with E-state index in [-0.39, 0.29) is 34.8 Å². The van der Waals surface area contributed by atoms with Crippen LogP contribution in [0.2, 0.25) is 0 Å². The first kappa shape index (κ1) is 23.1. The third-order valence-electron chi connectivity index (χ3n) is 5.94. The number of carbonyl (C=O) groups excluding carboxylic acids is 1. The molecule has 0 aromatic heterocycles. The van der Waals surface area contributed by atoms with Crippen molar-refractivity contribution < 1.29 is 54.8 Å². The van der Waals surface area contributed by atoms with Gasteiger partial charge in [0.2, 0.25) is 0 Å². The highest BCUT2D eigenvalue weighted by molar-refractivity contribution is 6.03. The molecule has 2 aromatic carbocycles. The Morgan fingerprint density at radius 3 is 2.36 bits per heavy atom. The molecule has 11 nitrogen and oxygen atoms in total. The van der Waals surface area contributed by atoms with E-state index in [2.05, 4.69) is 0 Å². The van der Waals surface area contributed by atoms with Gasteiger partial charge in [0.1, 0.15) is 59.4 Å². The number of methoxy groups -OCH3 is 1. The van der Waals surface area contributed by atoms with Crippen LogP contribution in [0.25, 0.3) is 0 Å². The van der Waals surface area contributed by atoms with E-state index in [0.717, 1.165) is 6.07 Å². The molecule has 2 heterocycles. The highest BCUT2D eigenvalue weighted by Crippen LogP contribution is 2.50. The number of rotatable bonds is 4. The van der Waals surface area contributed by atoms with Gasteiger partial charge in [0.25, 0.3) is 0 Å². The fourth-order valence-corrected chi connectivity index (χ4v) is 4.20. The number of ketones is 1. The SMILES string of the molecule is COc1ccc(C2CC(=O)c3c(O)cc(O)c([C@@H]4O[C@H](CO)[C@@H](O)[C@H](O)[C@H]4O)c3O2)cc1O. The highest BCUT2D eigenvalue weighted by Gasteiger charge is 2.47. The molecular formula is C22H24O11. The topological polar surface area (TPSA) is 186 Å². The summed E-state index contributed by atoms with van der Waals surface area (Å²) in [5.74, 6) is -1.96. The van der Waals surface area contributed by atoms with Crippen LogP contribution in [-0.4, -0.2) is 79.7 Å². The van der Waals surface area contributed by atoms with E-state index in [1.54, 1.807) is 6.07 Å². The van der Waals surface area contributed by atoms with Gasteiger partial charge in [-0.2, -0.15) is 0 Å². The van der Waals surface area contributed by atoms with E-state index in [4.69, 9.17) is 14.2 Å². The number of phenolic OH excluding ortho intramolecular Hbond substituents is 3. The Labute approximate surface area is 187 Å². The molecule has 4 rings (SSSR count). The highest BCUT2D eigenvalue weighted by atomic mass is 16.5. The number of aromatic hydroxyl groups is 3. The third kappa shape index (κ3) is 3.83. The first-order valence-electron chi connectivity index (χ1n) is 10.1. The molecule has 2 aromatic rings. The van der Waals surface area contributed by atoms with Crippen LogP contribution in [0.4, 0.5) is 0 Å². The zero-order chi connectivity index (χ0) is 24.0.